The van der Waals surface area contributed by atoms with Gasteiger partial charge in [0.15, 0.2) is 5.11 Å². The number of benzene rings is 1. The van der Waals surface area contributed by atoms with Crippen LogP contribution in [0.1, 0.15) is 64.7 Å². The quantitative estimate of drug-likeness (QED) is 0.328. The fourth-order valence-corrected chi connectivity index (χ4v) is 3.18. The van der Waals surface area contributed by atoms with Gasteiger partial charge in [-0.1, -0.05) is 81.5 Å². The average Bonchev–Trinajstić information content (AvgIpc) is 2.48. The van der Waals surface area contributed by atoms with Crippen LogP contribution in [0.4, 0.5) is 5.69 Å². The first-order chi connectivity index (χ1) is 11.1. The van der Waals surface area contributed by atoms with Gasteiger partial charge in [0, 0.05) is 22.3 Å². The molecule has 1 aromatic rings. The van der Waals surface area contributed by atoms with Crippen molar-refractivity contribution < 1.29 is 0 Å². The maximum absolute atomic E-state index is 5.96. The van der Waals surface area contributed by atoms with Crippen molar-refractivity contribution in [3.8, 4) is 0 Å². The van der Waals surface area contributed by atoms with Crippen molar-refractivity contribution in [2.75, 3.05) is 11.9 Å². The topological polar surface area (TPSA) is 24.1 Å². The molecule has 0 saturated carbocycles. The molecule has 0 radical (unpaired) electrons. The van der Waals surface area contributed by atoms with Crippen molar-refractivity contribution in [1.82, 2.24) is 5.32 Å². The molecule has 0 heterocycles. The number of unbranched alkanes of at least 4 members (excludes halogenated alkanes) is 8. The summed E-state index contributed by atoms with van der Waals surface area (Å²) in [5.41, 5.74) is 0.812. The lowest BCUT2D eigenvalue weighted by molar-refractivity contribution is 0.563. The Morgan fingerprint density at radius 1 is 0.870 bits per heavy atom. The summed E-state index contributed by atoms with van der Waals surface area (Å²) in [4.78, 5) is 0. The second-order valence-electron chi connectivity index (χ2n) is 5.87. The summed E-state index contributed by atoms with van der Waals surface area (Å²) in [6, 6.07) is 5.31. The molecule has 0 aliphatic carbocycles. The number of rotatable bonds is 11. The predicted octanol–water partition coefficient (Wildman–Crippen LogP) is 6.81. The van der Waals surface area contributed by atoms with Crippen LogP contribution in [0.3, 0.4) is 0 Å². The molecule has 23 heavy (non-hydrogen) atoms. The minimum Gasteiger partial charge on any atom is -0.362 e. The summed E-state index contributed by atoms with van der Waals surface area (Å²) in [5, 5.41) is 8.14. The molecule has 0 aliphatic rings. The summed E-state index contributed by atoms with van der Waals surface area (Å²) >= 11 is 17.2. The Labute approximate surface area is 156 Å². The number of halogens is 2. The zero-order chi connectivity index (χ0) is 16.9. The van der Waals surface area contributed by atoms with E-state index >= 15 is 0 Å². The van der Waals surface area contributed by atoms with Crippen molar-refractivity contribution >= 4 is 46.2 Å². The highest BCUT2D eigenvalue weighted by molar-refractivity contribution is 7.80. The van der Waals surface area contributed by atoms with Crippen LogP contribution in [0.25, 0.3) is 0 Å². The molecule has 0 spiro atoms. The lowest BCUT2D eigenvalue weighted by atomic mass is 10.1. The van der Waals surface area contributed by atoms with Crippen LogP contribution in [0.15, 0.2) is 18.2 Å². The van der Waals surface area contributed by atoms with Crippen LogP contribution in [0.5, 0.6) is 0 Å². The Balaban J connectivity index is 2.02. The van der Waals surface area contributed by atoms with Crippen molar-refractivity contribution in [2.45, 2.75) is 64.7 Å². The van der Waals surface area contributed by atoms with Gasteiger partial charge in [0.1, 0.15) is 0 Å². The third kappa shape index (κ3) is 10.8. The second kappa shape index (κ2) is 12.9. The number of hydrogen-bond acceptors (Lipinski definition) is 1. The van der Waals surface area contributed by atoms with Crippen LogP contribution in [0, 0.1) is 0 Å². The molecule has 0 saturated heterocycles. The van der Waals surface area contributed by atoms with Gasteiger partial charge in [-0.05, 0) is 36.8 Å². The van der Waals surface area contributed by atoms with Crippen molar-refractivity contribution in [1.29, 1.82) is 0 Å². The lowest BCUT2D eigenvalue weighted by Crippen LogP contribution is -2.29. The molecule has 5 heteroatoms. The second-order valence-corrected chi connectivity index (χ2v) is 7.15. The zero-order valence-corrected chi connectivity index (χ0v) is 16.3. The summed E-state index contributed by atoms with van der Waals surface area (Å²) in [6.45, 7) is 3.16. The summed E-state index contributed by atoms with van der Waals surface area (Å²) in [5.74, 6) is 0. The van der Waals surface area contributed by atoms with Gasteiger partial charge in [-0.2, -0.15) is 0 Å². The van der Waals surface area contributed by atoms with E-state index in [0.29, 0.717) is 15.2 Å². The van der Waals surface area contributed by atoms with Crippen molar-refractivity contribution in [3.05, 3.63) is 28.2 Å². The van der Waals surface area contributed by atoms with E-state index in [1.165, 1.54) is 51.4 Å². The lowest BCUT2D eigenvalue weighted by Gasteiger charge is -2.11. The zero-order valence-electron chi connectivity index (χ0n) is 14.0. The maximum Gasteiger partial charge on any atom is 0.170 e. The largest absolute Gasteiger partial charge is 0.362 e. The van der Waals surface area contributed by atoms with E-state index < -0.39 is 0 Å². The van der Waals surface area contributed by atoms with E-state index in [1.807, 2.05) is 0 Å². The standard InChI is InChI=1S/C18H28Cl2N2S/c1-2-3-4-5-6-7-8-9-10-11-21-18(23)22-17-13-15(19)12-16(20)14-17/h12-14H,2-11H2,1H3,(H2,21,22,23). The molecule has 0 unspecified atom stereocenters. The van der Waals surface area contributed by atoms with E-state index in [9.17, 15) is 0 Å². The van der Waals surface area contributed by atoms with E-state index in [4.69, 9.17) is 35.4 Å². The number of anilines is 1. The first-order valence-corrected chi connectivity index (χ1v) is 9.79. The molecule has 0 bridgehead atoms. The van der Waals surface area contributed by atoms with Gasteiger partial charge in [0.05, 0.1) is 0 Å². The van der Waals surface area contributed by atoms with Crippen LogP contribution in [-0.4, -0.2) is 11.7 Å². The summed E-state index contributed by atoms with van der Waals surface area (Å²) < 4.78 is 0. The Kier molecular flexibility index (Phi) is 11.5. The summed E-state index contributed by atoms with van der Waals surface area (Å²) in [7, 11) is 0. The predicted molar refractivity (Wildman–Crippen MR) is 108 cm³/mol. The molecule has 1 rings (SSSR count). The number of nitrogens with one attached hydrogen (secondary N) is 2. The first kappa shape index (κ1) is 20.5. The third-order valence-corrected chi connectivity index (χ3v) is 4.37. The highest BCUT2D eigenvalue weighted by Crippen LogP contribution is 2.22. The van der Waals surface area contributed by atoms with E-state index in [1.54, 1.807) is 18.2 Å². The molecular formula is C18H28Cl2N2S. The van der Waals surface area contributed by atoms with Gasteiger partial charge in [0.25, 0.3) is 0 Å². The van der Waals surface area contributed by atoms with Gasteiger partial charge in [-0.15, -0.1) is 0 Å². The molecule has 0 aromatic heterocycles. The molecule has 0 aliphatic heterocycles. The van der Waals surface area contributed by atoms with Crippen LogP contribution in [-0.2, 0) is 0 Å². The highest BCUT2D eigenvalue weighted by atomic mass is 35.5. The summed E-state index contributed by atoms with van der Waals surface area (Å²) in [6.07, 6.45) is 11.9. The van der Waals surface area contributed by atoms with E-state index in [2.05, 4.69) is 17.6 Å². The molecule has 2 nitrogen and oxygen atoms in total. The SMILES string of the molecule is CCCCCCCCCCCNC(=S)Nc1cc(Cl)cc(Cl)c1. The fraction of sp³-hybridized carbons (Fsp3) is 0.611. The Bertz CT molecular complexity index is 446. The van der Waals surface area contributed by atoms with Gasteiger partial charge < -0.3 is 10.6 Å². The fourth-order valence-electron chi connectivity index (χ4n) is 2.44. The van der Waals surface area contributed by atoms with Crippen molar-refractivity contribution in [3.63, 3.8) is 0 Å². The van der Waals surface area contributed by atoms with Gasteiger partial charge in [0.2, 0.25) is 0 Å². The molecule has 0 atom stereocenters. The first-order valence-electron chi connectivity index (χ1n) is 8.62. The normalized spacial score (nSPS) is 10.6. The molecule has 0 fully saturated rings. The maximum atomic E-state index is 5.96. The Morgan fingerprint density at radius 2 is 1.39 bits per heavy atom. The van der Waals surface area contributed by atoms with E-state index in [0.717, 1.165) is 18.7 Å². The number of thiocarbonyl (C=S) groups is 1. The van der Waals surface area contributed by atoms with Crippen LogP contribution >= 0.6 is 35.4 Å². The minimum atomic E-state index is 0.599. The third-order valence-electron chi connectivity index (χ3n) is 3.69. The average molecular weight is 375 g/mol. The molecule has 130 valence electrons. The highest BCUT2D eigenvalue weighted by Gasteiger charge is 2.01. The van der Waals surface area contributed by atoms with Gasteiger partial charge in [-0.25, -0.2) is 0 Å². The Hall–Kier alpha value is -0.510. The molecule has 1 aromatic carbocycles. The van der Waals surface area contributed by atoms with Crippen LogP contribution < -0.4 is 10.6 Å². The Morgan fingerprint density at radius 3 is 1.96 bits per heavy atom. The molecule has 0 amide bonds. The molecule has 2 N–H and O–H groups in total. The smallest absolute Gasteiger partial charge is 0.170 e. The van der Waals surface area contributed by atoms with Gasteiger partial charge in [-0.3, -0.25) is 0 Å². The monoisotopic (exact) mass is 374 g/mol. The van der Waals surface area contributed by atoms with E-state index in [-0.39, 0.29) is 0 Å². The molecular weight excluding hydrogens is 347 g/mol. The van der Waals surface area contributed by atoms with Crippen LogP contribution in [0.2, 0.25) is 10.0 Å². The minimum absolute atomic E-state index is 0.599. The van der Waals surface area contributed by atoms with Crippen molar-refractivity contribution in [2.24, 2.45) is 0 Å². The number of hydrogen-bond donors (Lipinski definition) is 2. The van der Waals surface area contributed by atoms with Gasteiger partial charge >= 0.3 is 0 Å².